The van der Waals surface area contributed by atoms with Gasteiger partial charge in [-0.3, -0.25) is 20.4 Å². The molecule has 0 unspecified atom stereocenters. The van der Waals surface area contributed by atoms with E-state index in [4.69, 9.17) is 4.74 Å². The van der Waals surface area contributed by atoms with Gasteiger partial charge in [-0.1, -0.05) is 19.3 Å². The molecule has 114 valence electrons. The first-order valence-electron chi connectivity index (χ1n) is 7.05. The van der Waals surface area contributed by atoms with Gasteiger partial charge in [0.05, 0.1) is 11.6 Å². The predicted molar refractivity (Wildman–Crippen MR) is 82.9 cm³/mol. The van der Waals surface area contributed by atoms with Crippen molar-refractivity contribution in [3.8, 4) is 5.75 Å². The third-order valence-electron chi connectivity index (χ3n) is 3.69. The highest BCUT2D eigenvalue weighted by Crippen LogP contribution is 2.25. The van der Waals surface area contributed by atoms with Crippen LogP contribution in [0.2, 0.25) is 0 Å². The molecule has 1 aromatic rings. The molecule has 5 nitrogen and oxygen atoms in total. The lowest BCUT2D eigenvalue weighted by atomic mass is 9.89. The number of methoxy groups -OCH3 is 1. The average Bonchev–Trinajstić information content (AvgIpc) is 2.53. The lowest BCUT2D eigenvalue weighted by Crippen LogP contribution is -2.44. The number of nitrogens with one attached hydrogen (secondary N) is 2. The Morgan fingerprint density at radius 3 is 2.52 bits per heavy atom. The Bertz CT molecular complexity index is 528. The lowest BCUT2D eigenvalue weighted by molar-refractivity contribution is -0.126. The second-order valence-corrected chi connectivity index (χ2v) is 5.98. The van der Waals surface area contributed by atoms with Crippen LogP contribution in [0.25, 0.3) is 0 Å². The quantitative estimate of drug-likeness (QED) is 0.820. The number of rotatable bonds is 3. The standard InChI is InChI=1S/C15H19BrN2O3/c1-21-13-8-7-11(9-12(13)16)15(20)18-17-14(19)10-5-3-2-4-6-10/h7-10H,2-6H2,1H3,(H,17,19)(H,18,20). The molecule has 0 bridgehead atoms. The van der Waals surface area contributed by atoms with Gasteiger partial charge in [0, 0.05) is 11.5 Å². The van der Waals surface area contributed by atoms with Crippen molar-refractivity contribution in [2.45, 2.75) is 32.1 Å². The van der Waals surface area contributed by atoms with Gasteiger partial charge in [-0.15, -0.1) is 0 Å². The number of ether oxygens (including phenoxy) is 1. The van der Waals surface area contributed by atoms with E-state index < -0.39 is 0 Å². The van der Waals surface area contributed by atoms with Gasteiger partial charge in [-0.05, 0) is 47.0 Å². The molecule has 1 fully saturated rings. The summed E-state index contributed by atoms with van der Waals surface area (Å²) >= 11 is 3.33. The molecule has 21 heavy (non-hydrogen) atoms. The normalized spacial score (nSPS) is 15.3. The van der Waals surface area contributed by atoms with Crippen molar-refractivity contribution >= 4 is 27.7 Å². The Labute approximate surface area is 132 Å². The number of halogens is 1. The van der Waals surface area contributed by atoms with Gasteiger partial charge in [-0.2, -0.15) is 0 Å². The number of carbonyl (C=O) groups excluding carboxylic acids is 2. The van der Waals surface area contributed by atoms with Crippen molar-refractivity contribution in [3.63, 3.8) is 0 Å². The molecule has 0 spiro atoms. The molecule has 0 heterocycles. The maximum absolute atomic E-state index is 12.0. The van der Waals surface area contributed by atoms with Crippen LogP contribution >= 0.6 is 15.9 Å². The van der Waals surface area contributed by atoms with Gasteiger partial charge < -0.3 is 4.74 Å². The average molecular weight is 355 g/mol. The molecule has 0 aliphatic heterocycles. The molecule has 1 aromatic carbocycles. The highest BCUT2D eigenvalue weighted by molar-refractivity contribution is 9.10. The van der Waals surface area contributed by atoms with E-state index in [0.717, 1.165) is 25.7 Å². The molecule has 6 heteroatoms. The van der Waals surface area contributed by atoms with Crippen LogP contribution in [0, 0.1) is 5.92 Å². The minimum Gasteiger partial charge on any atom is -0.496 e. The number of carbonyl (C=O) groups is 2. The molecule has 0 aromatic heterocycles. The van der Waals surface area contributed by atoms with Gasteiger partial charge in [0.25, 0.3) is 5.91 Å². The molecule has 1 saturated carbocycles. The van der Waals surface area contributed by atoms with E-state index in [9.17, 15) is 9.59 Å². The second kappa shape index (κ2) is 7.45. The summed E-state index contributed by atoms with van der Waals surface area (Å²) in [7, 11) is 1.56. The monoisotopic (exact) mass is 354 g/mol. The fraction of sp³-hybridized carbons (Fsp3) is 0.467. The van der Waals surface area contributed by atoms with Crippen molar-refractivity contribution in [3.05, 3.63) is 28.2 Å². The summed E-state index contributed by atoms with van der Waals surface area (Å²) in [6.45, 7) is 0. The largest absolute Gasteiger partial charge is 0.496 e. The lowest BCUT2D eigenvalue weighted by Gasteiger charge is -2.20. The van der Waals surface area contributed by atoms with E-state index in [-0.39, 0.29) is 17.7 Å². The third kappa shape index (κ3) is 4.20. The summed E-state index contributed by atoms with van der Waals surface area (Å²) in [5.41, 5.74) is 5.42. The maximum atomic E-state index is 12.0. The molecule has 2 amide bonds. The summed E-state index contributed by atoms with van der Waals surface area (Å²) < 4.78 is 5.80. The van der Waals surface area contributed by atoms with Gasteiger partial charge in [0.15, 0.2) is 0 Å². The first-order valence-corrected chi connectivity index (χ1v) is 7.85. The molecule has 1 aliphatic rings. The Morgan fingerprint density at radius 1 is 1.19 bits per heavy atom. The molecule has 0 saturated heterocycles. The highest BCUT2D eigenvalue weighted by atomic mass is 79.9. The summed E-state index contributed by atoms with van der Waals surface area (Å²) in [4.78, 5) is 23.9. The Kier molecular flexibility index (Phi) is 5.61. The number of hydrogen-bond donors (Lipinski definition) is 2. The zero-order valence-electron chi connectivity index (χ0n) is 11.9. The molecular formula is C15H19BrN2O3. The third-order valence-corrected chi connectivity index (χ3v) is 4.31. The predicted octanol–water partition coefficient (Wildman–Crippen LogP) is 2.80. The van der Waals surface area contributed by atoms with Gasteiger partial charge in [0.1, 0.15) is 5.75 Å². The van der Waals surface area contributed by atoms with E-state index in [1.165, 1.54) is 6.42 Å². The minimum absolute atomic E-state index is 0.0154. The minimum atomic E-state index is -0.345. The number of hydrogen-bond acceptors (Lipinski definition) is 3. The molecule has 2 N–H and O–H groups in total. The molecule has 1 aliphatic carbocycles. The summed E-state index contributed by atoms with van der Waals surface area (Å²) in [5.74, 6) is 0.220. The van der Waals surface area contributed by atoms with Crippen molar-refractivity contribution in [2.24, 2.45) is 5.92 Å². The van der Waals surface area contributed by atoms with Crippen LogP contribution < -0.4 is 15.6 Å². The van der Waals surface area contributed by atoms with Crippen molar-refractivity contribution in [1.82, 2.24) is 10.9 Å². The van der Waals surface area contributed by atoms with Crippen LogP contribution in [0.4, 0.5) is 0 Å². The Balaban J connectivity index is 1.89. The zero-order valence-corrected chi connectivity index (χ0v) is 13.5. The van der Waals surface area contributed by atoms with Crippen LogP contribution in [0.5, 0.6) is 5.75 Å². The number of benzene rings is 1. The fourth-order valence-corrected chi connectivity index (χ4v) is 3.01. The molecular weight excluding hydrogens is 336 g/mol. The van der Waals surface area contributed by atoms with E-state index in [0.29, 0.717) is 15.8 Å². The Hall–Kier alpha value is -1.56. The van der Waals surface area contributed by atoms with Crippen LogP contribution in [0.3, 0.4) is 0 Å². The summed E-state index contributed by atoms with van der Waals surface area (Å²) in [6, 6.07) is 4.99. The summed E-state index contributed by atoms with van der Waals surface area (Å²) in [5, 5.41) is 0. The first kappa shape index (κ1) is 15.8. The topological polar surface area (TPSA) is 67.4 Å². The molecule has 0 radical (unpaired) electrons. The highest BCUT2D eigenvalue weighted by Gasteiger charge is 2.21. The Morgan fingerprint density at radius 2 is 1.90 bits per heavy atom. The van der Waals surface area contributed by atoms with E-state index in [1.54, 1.807) is 25.3 Å². The van der Waals surface area contributed by atoms with E-state index >= 15 is 0 Å². The van der Waals surface area contributed by atoms with Gasteiger partial charge in [-0.25, -0.2) is 0 Å². The second-order valence-electron chi connectivity index (χ2n) is 5.13. The fourth-order valence-electron chi connectivity index (χ4n) is 2.46. The summed E-state index contributed by atoms with van der Waals surface area (Å²) in [6.07, 6.45) is 5.15. The van der Waals surface area contributed by atoms with Gasteiger partial charge in [0.2, 0.25) is 5.91 Å². The first-order chi connectivity index (χ1) is 10.1. The number of amides is 2. The van der Waals surface area contributed by atoms with Crippen molar-refractivity contribution < 1.29 is 14.3 Å². The van der Waals surface area contributed by atoms with Crippen LogP contribution in [-0.4, -0.2) is 18.9 Å². The van der Waals surface area contributed by atoms with E-state index in [1.807, 2.05) is 0 Å². The van der Waals surface area contributed by atoms with Crippen LogP contribution in [-0.2, 0) is 4.79 Å². The molecule has 0 atom stereocenters. The number of hydrazine groups is 1. The smallest absolute Gasteiger partial charge is 0.269 e. The zero-order chi connectivity index (χ0) is 15.2. The van der Waals surface area contributed by atoms with Crippen molar-refractivity contribution in [1.29, 1.82) is 0 Å². The maximum Gasteiger partial charge on any atom is 0.269 e. The van der Waals surface area contributed by atoms with Crippen molar-refractivity contribution in [2.75, 3.05) is 7.11 Å². The van der Waals surface area contributed by atoms with Crippen LogP contribution in [0.1, 0.15) is 42.5 Å². The molecule has 2 rings (SSSR count). The SMILES string of the molecule is COc1ccc(C(=O)NNC(=O)C2CCCCC2)cc1Br. The van der Waals surface area contributed by atoms with E-state index in [2.05, 4.69) is 26.8 Å². The van der Waals surface area contributed by atoms with Crippen LogP contribution in [0.15, 0.2) is 22.7 Å². The van der Waals surface area contributed by atoms with Gasteiger partial charge >= 0.3 is 0 Å².